The third kappa shape index (κ3) is 5.46. The van der Waals surface area contributed by atoms with Crippen molar-refractivity contribution in [1.29, 1.82) is 0 Å². The van der Waals surface area contributed by atoms with Crippen LogP contribution in [0.2, 0.25) is 0 Å². The Labute approximate surface area is 239 Å². The van der Waals surface area contributed by atoms with Crippen molar-refractivity contribution in [2.75, 3.05) is 29.9 Å². The lowest BCUT2D eigenvalue weighted by Gasteiger charge is -2.33. The molecule has 0 saturated carbocycles. The summed E-state index contributed by atoms with van der Waals surface area (Å²) in [4.78, 5) is 28.6. The molecule has 2 N–H and O–H groups in total. The van der Waals surface area contributed by atoms with Crippen molar-refractivity contribution in [2.24, 2.45) is 5.92 Å². The van der Waals surface area contributed by atoms with Gasteiger partial charge in [-0.1, -0.05) is 31.2 Å². The van der Waals surface area contributed by atoms with E-state index >= 15 is 0 Å². The minimum atomic E-state index is -1.28. The second-order valence-corrected chi connectivity index (χ2v) is 11.3. The van der Waals surface area contributed by atoms with E-state index < -0.39 is 5.67 Å². The number of nitrogens with one attached hydrogen (secondary N) is 2. The van der Waals surface area contributed by atoms with E-state index in [2.05, 4.69) is 33.6 Å². The van der Waals surface area contributed by atoms with Gasteiger partial charge in [-0.15, -0.1) is 0 Å². The Morgan fingerprint density at radius 2 is 2.00 bits per heavy atom. The first-order valence-corrected chi connectivity index (χ1v) is 14.3. The second kappa shape index (κ2) is 11.0. The van der Waals surface area contributed by atoms with Gasteiger partial charge in [0.1, 0.15) is 11.4 Å². The fourth-order valence-corrected chi connectivity index (χ4v) is 5.94. The lowest BCUT2D eigenvalue weighted by molar-refractivity contribution is -0.120. The number of alkyl halides is 1. The number of carbonyl (C=O) groups excluding carboxylic acids is 1. The van der Waals surface area contributed by atoms with Gasteiger partial charge in [0.2, 0.25) is 17.7 Å². The zero-order valence-corrected chi connectivity index (χ0v) is 23.7. The van der Waals surface area contributed by atoms with E-state index in [0.717, 1.165) is 41.4 Å². The van der Waals surface area contributed by atoms with Gasteiger partial charge in [0.25, 0.3) is 0 Å². The van der Waals surface area contributed by atoms with E-state index in [0.29, 0.717) is 48.3 Å². The van der Waals surface area contributed by atoms with E-state index in [1.165, 1.54) is 0 Å². The minimum absolute atomic E-state index is 0.0746. The van der Waals surface area contributed by atoms with Crippen LogP contribution in [0, 0.1) is 12.8 Å². The molecule has 4 aromatic rings. The highest BCUT2D eigenvalue weighted by molar-refractivity contribution is 6.07. The normalized spacial score (nSPS) is 22.7. The molecule has 6 rings (SSSR count). The van der Waals surface area contributed by atoms with Crippen LogP contribution in [-0.2, 0) is 4.79 Å². The number of piperidine rings is 1. The molecule has 2 aromatic carbocycles. The standard InChI is InChI=1S/C32H35FN6O2/c1-4-21-13-16-39(30(21)40)27-9-5-7-24-23(27)11-10-20(2)28(24)41-29-25(8-6-14-35-29)26-12-15-36-31(38-26)37-22-17-32(3,33)19-34-18-22/h5-12,14-15,21-22,34H,4,13,16-19H2,1-3H3,(H,36,37,38)/t21?,22-,32-/m0/s1. The number of hydrogen-bond acceptors (Lipinski definition) is 7. The number of pyridine rings is 1. The molecule has 0 bridgehead atoms. The molecule has 2 aliphatic heterocycles. The number of carbonyl (C=O) groups is 1. The number of nitrogens with zero attached hydrogens (tertiary/aromatic N) is 4. The number of aromatic nitrogens is 3. The number of hydrogen-bond donors (Lipinski definition) is 2. The topological polar surface area (TPSA) is 92.3 Å². The maximum absolute atomic E-state index is 14.5. The molecule has 4 heterocycles. The average molecular weight is 555 g/mol. The van der Waals surface area contributed by atoms with Gasteiger partial charge < -0.3 is 20.3 Å². The number of aryl methyl sites for hydroxylation is 1. The van der Waals surface area contributed by atoms with Crippen LogP contribution < -0.4 is 20.3 Å². The Morgan fingerprint density at radius 3 is 2.80 bits per heavy atom. The zero-order chi connectivity index (χ0) is 28.6. The first kappa shape index (κ1) is 27.1. The third-order valence-corrected chi connectivity index (χ3v) is 8.08. The molecular formula is C32H35FN6O2. The van der Waals surface area contributed by atoms with Crippen molar-refractivity contribution < 1.29 is 13.9 Å². The summed E-state index contributed by atoms with van der Waals surface area (Å²) in [5.74, 6) is 1.78. The van der Waals surface area contributed by atoms with Crippen LogP contribution in [-0.4, -0.2) is 52.2 Å². The molecule has 2 fully saturated rings. The fourth-order valence-electron chi connectivity index (χ4n) is 5.94. The van der Waals surface area contributed by atoms with Gasteiger partial charge in [0, 0.05) is 61.2 Å². The summed E-state index contributed by atoms with van der Waals surface area (Å²) < 4.78 is 21.1. The van der Waals surface area contributed by atoms with Crippen molar-refractivity contribution in [2.45, 2.75) is 51.7 Å². The van der Waals surface area contributed by atoms with Gasteiger partial charge in [-0.3, -0.25) is 4.79 Å². The monoisotopic (exact) mass is 554 g/mol. The van der Waals surface area contributed by atoms with E-state index in [1.54, 1.807) is 19.3 Å². The second-order valence-electron chi connectivity index (χ2n) is 11.3. The Balaban J connectivity index is 1.32. The van der Waals surface area contributed by atoms with Crippen LogP contribution in [0.4, 0.5) is 16.0 Å². The lowest BCUT2D eigenvalue weighted by atomic mass is 9.95. The van der Waals surface area contributed by atoms with Crippen molar-refractivity contribution in [3.8, 4) is 22.9 Å². The lowest BCUT2D eigenvalue weighted by Crippen LogP contribution is -2.50. The van der Waals surface area contributed by atoms with Crippen LogP contribution >= 0.6 is 0 Å². The molecule has 212 valence electrons. The molecule has 2 saturated heterocycles. The smallest absolute Gasteiger partial charge is 0.230 e. The molecule has 3 atom stereocenters. The molecule has 2 aliphatic rings. The van der Waals surface area contributed by atoms with Gasteiger partial charge in [-0.05, 0) is 56.5 Å². The van der Waals surface area contributed by atoms with Crippen LogP contribution in [0.5, 0.6) is 11.6 Å². The summed E-state index contributed by atoms with van der Waals surface area (Å²) in [5, 5.41) is 8.28. The summed E-state index contributed by atoms with van der Waals surface area (Å²) in [7, 11) is 0. The third-order valence-electron chi connectivity index (χ3n) is 8.08. The van der Waals surface area contributed by atoms with Crippen LogP contribution in [0.1, 0.15) is 38.7 Å². The van der Waals surface area contributed by atoms with Gasteiger partial charge in [0.05, 0.1) is 16.9 Å². The first-order valence-electron chi connectivity index (χ1n) is 14.3. The first-order chi connectivity index (χ1) is 19.8. The van der Waals surface area contributed by atoms with E-state index in [4.69, 9.17) is 9.72 Å². The van der Waals surface area contributed by atoms with E-state index in [1.807, 2.05) is 54.3 Å². The highest BCUT2D eigenvalue weighted by atomic mass is 19.1. The van der Waals surface area contributed by atoms with Crippen molar-refractivity contribution in [3.63, 3.8) is 0 Å². The summed E-state index contributed by atoms with van der Waals surface area (Å²) in [6.45, 7) is 7.37. The molecule has 8 nitrogen and oxygen atoms in total. The Kier molecular flexibility index (Phi) is 7.30. The summed E-state index contributed by atoms with van der Waals surface area (Å²) in [6, 6.07) is 15.5. The maximum Gasteiger partial charge on any atom is 0.230 e. The summed E-state index contributed by atoms with van der Waals surface area (Å²) in [5.41, 5.74) is 1.93. The SMILES string of the molecule is CCC1CCN(c2cccc3c(Oc4ncccc4-c4ccnc(N[C@@H]5CNC[C@@](C)(F)C5)n4)c(C)ccc23)C1=O. The van der Waals surface area contributed by atoms with Crippen molar-refractivity contribution >= 4 is 28.3 Å². The van der Waals surface area contributed by atoms with Crippen molar-refractivity contribution in [3.05, 3.63) is 66.5 Å². The van der Waals surface area contributed by atoms with Gasteiger partial charge in [-0.2, -0.15) is 0 Å². The summed E-state index contributed by atoms with van der Waals surface area (Å²) in [6.07, 6.45) is 5.47. The van der Waals surface area contributed by atoms with Crippen LogP contribution in [0.25, 0.3) is 22.0 Å². The van der Waals surface area contributed by atoms with Gasteiger partial charge in [0.15, 0.2) is 0 Å². The molecular weight excluding hydrogens is 519 g/mol. The largest absolute Gasteiger partial charge is 0.437 e. The average Bonchev–Trinajstić information content (AvgIpc) is 3.34. The number of benzene rings is 2. The highest BCUT2D eigenvalue weighted by Crippen LogP contribution is 2.40. The van der Waals surface area contributed by atoms with Gasteiger partial charge in [-0.25, -0.2) is 19.3 Å². The van der Waals surface area contributed by atoms with E-state index in [9.17, 15) is 9.18 Å². The Hall–Kier alpha value is -4.11. The molecule has 1 unspecified atom stereocenters. The van der Waals surface area contributed by atoms with Crippen LogP contribution in [0.15, 0.2) is 60.9 Å². The minimum Gasteiger partial charge on any atom is -0.437 e. The van der Waals surface area contributed by atoms with Crippen molar-refractivity contribution in [1.82, 2.24) is 20.3 Å². The number of anilines is 2. The predicted octanol–water partition coefficient (Wildman–Crippen LogP) is 6.06. The quantitative estimate of drug-likeness (QED) is 0.287. The van der Waals surface area contributed by atoms with E-state index in [-0.39, 0.29) is 17.9 Å². The molecule has 2 aromatic heterocycles. The van der Waals surface area contributed by atoms with Gasteiger partial charge >= 0.3 is 0 Å². The molecule has 0 aliphatic carbocycles. The van der Waals surface area contributed by atoms with Crippen LogP contribution in [0.3, 0.4) is 0 Å². The molecule has 41 heavy (non-hydrogen) atoms. The number of halogens is 1. The fraction of sp³-hybridized carbons (Fsp3) is 0.375. The number of amides is 1. The molecule has 0 spiro atoms. The number of fused-ring (bicyclic) bond motifs is 1. The molecule has 9 heteroatoms. The number of ether oxygens (including phenoxy) is 1. The summed E-state index contributed by atoms with van der Waals surface area (Å²) >= 11 is 0. The maximum atomic E-state index is 14.5. The molecule has 0 radical (unpaired) electrons. The highest BCUT2D eigenvalue weighted by Gasteiger charge is 2.33. The number of rotatable bonds is 7. The Bertz CT molecular complexity index is 1590. The molecule has 1 amide bonds. The zero-order valence-electron chi connectivity index (χ0n) is 23.7. The predicted molar refractivity (Wildman–Crippen MR) is 159 cm³/mol. The Morgan fingerprint density at radius 1 is 1.12 bits per heavy atom.